The van der Waals surface area contributed by atoms with Crippen molar-refractivity contribution >= 4 is 0 Å². The fraction of sp³-hybridized carbons (Fsp3) is 0.385. The number of aromatic nitrogens is 3. The van der Waals surface area contributed by atoms with Gasteiger partial charge in [0, 0.05) is 12.8 Å². The first-order valence-electron chi connectivity index (χ1n) is 5.96. The van der Waals surface area contributed by atoms with E-state index in [1.54, 1.807) is 0 Å². The summed E-state index contributed by atoms with van der Waals surface area (Å²) >= 11 is 0. The molecule has 0 spiro atoms. The minimum absolute atomic E-state index is 0.270. The molecule has 0 saturated carbocycles. The van der Waals surface area contributed by atoms with Crippen molar-refractivity contribution in [1.82, 2.24) is 14.8 Å². The SMILES string of the molecule is OC1CCc2nc(Cc3ccccc3)nn2C1. The standard InChI is InChI=1S/C13H15N3O/c17-11-6-7-13-14-12(15-16(13)9-11)8-10-4-2-1-3-5-10/h1-5,11,17H,6-9H2. The van der Waals surface area contributed by atoms with Crippen molar-refractivity contribution < 1.29 is 5.11 Å². The molecule has 3 rings (SSSR count). The van der Waals surface area contributed by atoms with E-state index in [0.29, 0.717) is 6.54 Å². The van der Waals surface area contributed by atoms with Crippen LogP contribution in [0.15, 0.2) is 30.3 Å². The van der Waals surface area contributed by atoms with E-state index in [1.807, 2.05) is 22.9 Å². The Bertz CT molecular complexity index is 507. The largest absolute Gasteiger partial charge is 0.391 e. The lowest BCUT2D eigenvalue weighted by atomic mass is 10.1. The molecule has 2 aromatic rings. The van der Waals surface area contributed by atoms with Crippen LogP contribution in [0.4, 0.5) is 0 Å². The first-order valence-corrected chi connectivity index (χ1v) is 5.96. The van der Waals surface area contributed by atoms with E-state index in [9.17, 15) is 5.11 Å². The molecular formula is C13H15N3O. The van der Waals surface area contributed by atoms with Crippen LogP contribution in [0, 0.1) is 0 Å². The molecule has 1 aromatic carbocycles. The molecule has 17 heavy (non-hydrogen) atoms. The van der Waals surface area contributed by atoms with Gasteiger partial charge >= 0.3 is 0 Å². The first kappa shape index (κ1) is 10.5. The molecule has 0 bridgehead atoms. The summed E-state index contributed by atoms with van der Waals surface area (Å²) in [4.78, 5) is 4.52. The Kier molecular flexibility index (Phi) is 2.65. The topological polar surface area (TPSA) is 50.9 Å². The van der Waals surface area contributed by atoms with E-state index in [2.05, 4.69) is 22.2 Å². The van der Waals surface area contributed by atoms with Gasteiger partial charge in [-0.25, -0.2) is 9.67 Å². The number of aliphatic hydroxyl groups is 1. The van der Waals surface area contributed by atoms with Gasteiger partial charge in [-0.3, -0.25) is 0 Å². The number of fused-ring (bicyclic) bond motifs is 1. The Balaban J connectivity index is 1.81. The molecule has 1 aromatic heterocycles. The average molecular weight is 229 g/mol. The third-order valence-corrected chi connectivity index (χ3v) is 3.08. The van der Waals surface area contributed by atoms with Gasteiger partial charge in [-0.05, 0) is 12.0 Å². The van der Waals surface area contributed by atoms with Crippen molar-refractivity contribution in [3.63, 3.8) is 0 Å². The second-order valence-corrected chi connectivity index (χ2v) is 4.48. The lowest BCUT2D eigenvalue weighted by Gasteiger charge is -2.16. The summed E-state index contributed by atoms with van der Waals surface area (Å²) in [5.74, 6) is 1.85. The summed E-state index contributed by atoms with van der Waals surface area (Å²) in [5.41, 5.74) is 1.22. The molecule has 1 atom stereocenters. The molecule has 4 heteroatoms. The highest BCUT2D eigenvalue weighted by Gasteiger charge is 2.19. The highest BCUT2D eigenvalue weighted by molar-refractivity contribution is 5.18. The molecule has 2 heterocycles. The molecule has 4 nitrogen and oxygen atoms in total. The second kappa shape index (κ2) is 4.30. The quantitative estimate of drug-likeness (QED) is 0.841. The van der Waals surface area contributed by atoms with Crippen molar-refractivity contribution in [3.05, 3.63) is 47.5 Å². The maximum absolute atomic E-state index is 9.57. The summed E-state index contributed by atoms with van der Waals surface area (Å²) in [6.45, 7) is 0.580. The van der Waals surface area contributed by atoms with Gasteiger partial charge in [0.15, 0.2) is 5.82 Å². The maximum atomic E-state index is 9.57. The summed E-state index contributed by atoms with van der Waals surface area (Å²) in [5, 5.41) is 14.0. The summed E-state index contributed by atoms with van der Waals surface area (Å²) in [7, 11) is 0. The van der Waals surface area contributed by atoms with E-state index < -0.39 is 0 Å². The number of aliphatic hydroxyl groups excluding tert-OH is 1. The van der Waals surface area contributed by atoms with Gasteiger partial charge in [0.2, 0.25) is 0 Å². The zero-order valence-corrected chi connectivity index (χ0v) is 9.58. The zero-order chi connectivity index (χ0) is 11.7. The van der Waals surface area contributed by atoms with Crippen LogP contribution in [0.3, 0.4) is 0 Å². The van der Waals surface area contributed by atoms with Crippen LogP contribution < -0.4 is 0 Å². The van der Waals surface area contributed by atoms with Crippen LogP contribution in [-0.2, 0) is 19.4 Å². The molecule has 1 aliphatic rings. The maximum Gasteiger partial charge on any atom is 0.155 e. The highest BCUT2D eigenvalue weighted by atomic mass is 16.3. The number of aryl methyl sites for hydroxylation is 1. The fourth-order valence-electron chi connectivity index (χ4n) is 2.20. The van der Waals surface area contributed by atoms with E-state index in [0.717, 1.165) is 30.9 Å². The summed E-state index contributed by atoms with van der Waals surface area (Å²) < 4.78 is 1.84. The highest BCUT2D eigenvalue weighted by Crippen LogP contribution is 2.14. The van der Waals surface area contributed by atoms with Gasteiger partial charge in [0.1, 0.15) is 5.82 Å². The second-order valence-electron chi connectivity index (χ2n) is 4.48. The Morgan fingerprint density at radius 2 is 2.12 bits per heavy atom. The van der Waals surface area contributed by atoms with E-state index in [1.165, 1.54) is 5.56 Å². The normalized spacial score (nSPS) is 19.0. The molecule has 0 fully saturated rings. The van der Waals surface area contributed by atoms with Crippen LogP contribution in [0.5, 0.6) is 0 Å². The molecule has 0 aliphatic carbocycles. The van der Waals surface area contributed by atoms with Crippen LogP contribution in [0.25, 0.3) is 0 Å². The van der Waals surface area contributed by atoms with Gasteiger partial charge < -0.3 is 5.11 Å². The fourth-order valence-corrected chi connectivity index (χ4v) is 2.20. The lowest BCUT2D eigenvalue weighted by Crippen LogP contribution is -2.25. The number of benzene rings is 1. The molecule has 0 amide bonds. The minimum atomic E-state index is -0.270. The summed E-state index contributed by atoms with van der Waals surface area (Å²) in [6, 6.07) is 10.2. The van der Waals surface area contributed by atoms with Crippen molar-refractivity contribution in [2.24, 2.45) is 0 Å². The third-order valence-electron chi connectivity index (χ3n) is 3.08. The van der Waals surface area contributed by atoms with Crippen LogP contribution >= 0.6 is 0 Å². The minimum Gasteiger partial charge on any atom is -0.391 e. The molecular weight excluding hydrogens is 214 g/mol. The zero-order valence-electron chi connectivity index (χ0n) is 9.58. The molecule has 1 unspecified atom stereocenters. The van der Waals surface area contributed by atoms with Gasteiger partial charge in [-0.2, -0.15) is 5.10 Å². The first-order chi connectivity index (χ1) is 8.31. The molecule has 1 aliphatic heterocycles. The Labute approximate surface area is 99.9 Å². The van der Waals surface area contributed by atoms with Gasteiger partial charge in [-0.15, -0.1) is 0 Å². The van der Waals surface area contributed by atoms with Crippen molar-refractivity contribution in [3.8, 4) is 0 Å². The smallest absolute Gasteiger partial charge is 0.155 e. The van der Waals surface area contributed by atoms with Crippen molar-refractivity contribution in [2.75, 3.05) is 0 Å². The third kappa shape index (κ3) is 2.22. The predicted octanol–water partition coefficient (Wildman–Crippen LogP) is 1.18. The Hall–Kier alpha value is -1.68. The lowest BCUT2D eigenvalue weighted by molar-refractivity contribution is 0.124. The van der Waals surface area contributed by atoms with Crippen LogP contribution in [-0.4, -0.2) is 26.0 Å². The Morgan fingerprint density at radius 1 is 1.29 bits per heavy atom. The Morgan fingerprint density at radius 3 is 2.94 bits per heavy atom. The van der Waals surface area contributed by atoms with E-state index >= 15 is 0 Å². The van der Waals surface area contributed by atoms with E-state index in [-0.39, 0.29) is 6.10 Å². The molecule has 0 saturated heterocycles. The number of nitrogens with zero attached hydrogens (tertiary/aromatic N) is 3. The number of hydrogen-bond acceptors (Lipinski definition) is 3. The molecule has 1 N–H and O–H groups in total. The number of hydrogen-bond donors (Lipinski definition) is 1. The predicted molar refractivity (Wildman–Crippen MR) is 63.6 cm³/mol. The number of rotatable bonds is 2. The van der Waals surface area contributed by atoms with Crippen molar-refractivity contribution in [1.29, 1.82) is 0 Å². The van der Waals surface area contributed by atoms with E-state index in [4.69, 9.17) is 0 Å². The van der Waals surface area contributed by atoms with Gasteiger partial charge in [0.25, 0.3) is 0 Å². The summed E-state index contributed by atoms with van der Waals surface area (Å²) in [6.07, 6.45) is 2.11. The van der Waals surface area contributed by atoms with Crippen molar-refractivity contribution in [2.45, 2.75) is 31.9 Å². The van der Waals surface area contributed by atoms with Crippen LogP contribution in [0.2, 0.25) is 0 Å². The van der Waals surface area contributed by atoms with Crippen LogP contribution in [0.1, 0.15) is 23.6 Å². The van der Waals surface area contributed by atoms with Gasteiger partial charge in [-0.1, -0.05) is 30.3 Å². The average Bonchev–Trinajstić information content (AvgIpc) is 2.71. The molecule has 0 radical (unpaired) electrons. The monoisotopic (exact) mass is 229 g/mol. The van der Waals surface area contributed by atoms with Gasteiger partial charge in [0.05, 0.1) is 12.6 Å². The molecule has 88 valence electrons.